The van der Waals surface area contributed by atoms with Crippen LogP contribution >= 0.6 is 0 Å². The molecule has 0 saturated heterocycles. The number of benzene rings is 1. The normalized spacial score (nSPS) is 12.0. The first-order valence-electron chi connectivity index (χ1n) is 7.56. The van der Waals surface area contributed by atoms with Gasteiger partial charge in [-0.1, -0.05) is 6.07 Å². The van der Waals surface area contributed by atoms with E-state index in [0.717, 1.165) is 5.56 Å². The van der Waals surface area contributed by atoms with Crippen molar-refractivity contribution in [2.75, 3.05) is 12.4 Å². The van der Waals surface area contributed by atoms with E-state index in [2.05, 4.69) is 9.97 Å². The van der Waals surface area contributed by atoms with Gasteiger partial charge in [0.15, 0.2) is 5.58 Å². The molecule has 130 valence electrons. The van der Waals surface area contributed by atoms with E-state index >= 15 is 0 Å². The maximum atomic E-state index is 10.7. The number of oxazole rings is 1. The molecular weight excluding hydrogens is 344 g/mol. The summed E-state index contributed by atoms with van der Waals surface area (Å²) in [6.45, 7) is 0.174. The average Bonchev–Trinajstić information content (AvgIpc) is 2.99. The Morgan fingerprint density at radius 1 is 1.24 bits per heavy atom. The van der Waals surface area contributed by atoms with Crippen LogP contribution in [-0.2, 0) is 10.1 Å². The van der Waals surface area contributed by atoms with Gasteiger partial charge in [0.05, 0.1) is 12.4 Å². The summed E-state index contributed by atoms with van der Waals surface area (Å²) in [6.07, 6.45) is 7.24. The first kappa shape index (κ1) is 17.1. The molecule has 0 aliphatic carbocycles. The lowest BCUT2D eigenvalue weighted by Gasteiger charge is -2.04. The van der Waals surface area contributed by atoms with Crippen molar-refractivity contribution >= 4 is 33.4 Å². The highest BCUT2D eigenvalue weighted by Gasteiger charge is 2.07. The van der Waals surface area contributed by atoms with Crippen molar-refractivity contribution in [2.24, 2.45) is 0 Å². The monoisotopic (exact) mass is 360 g/mol. The fourth-order valence-corrected chi connectivity index (χ4v) is 2.64. The van der Waals surface area contributed by atoms with Gasteiger partial charge in [0.25, 0.3) is 10.1 Å². The third-order valence-corrected chi connectivity index (χ3v) is 4.10. The van der Waals surface area contributed by atoms with Crippen molar-refractivity contribution < 1.29 is 22.1 Å². The Morgan fingerprint density at radius 3 is 2.88 bits per heavy atom. The van der Waals surface area contributed by atoms with Gasteiger partial charge in [-0.2, -0.15) is 8.42 Å². The first-order valence-corrected chi connectivity index (χ1v) is 9.17. The van der Waals surface area contributed by atoms with Crippen LogP contribution in [0.4, 0.5) is 0 Å². The highest BCUT2D eigenvalue weighted by atomic mass is 32.2. The summed E-state index contributed by atoms with van der Waals surface area (Å²) in [6, 6.07) is 8.95. The Kier molecular flexibility index (Phi) is 5.11. The summed E-state index contributed by atoms with van der Waals surface area (Å²) in [4.78, 5) is 8.39. The Hall–Kier alpha value is -2.71. The zero-order valence-electron chi connectivity index (χ0n) is 13.2. The van der Waals surface area contributed by atoms with Crippen LogP contribution in [0.3, 0.4) is 0 Å². The van der Waals surface area contributed by atoms with E-state index in [9.17, 15) is 8.42 Å². The minimum atomic E-state index is -3.96. The standard InChI is InChI=1S/C17H16N2O5S/c20-25(21,22)10-2-9-23-14-5-6-15-16(11-14)24-17(19-15)7-4-13-3-1-8-18-12-13/h1,3-8,11-12H,2,9-10H2,(H,20,21,22). The number of pyridine rings is 1. The minimum absolute atomic E-state index is 0.174. The van der Waals surface area contributed by atoms with Gasteiger partial charge in [-0.3, -0.25) is 9.54 Å². The topological polar surface area (TPSA) is 103 Å². The predicted octanol–water partition coefficient (Wildman–Crippen LogP) is 3.05. The molecule has 3 aromatic rings. The van der Waals surface area contributed by atoms with Gasteiger partial charge in [0.2, 0.25) is 5.89 Å². The van der Waals surface area contributed by atoms with Crippen molar-refractivity contribution in [1.82, 2.24) is 9.97 Å². The van der Waals surface area contributed by atoms with E-state index in [1.54, 1.807) is 36.7 Å². The molecule has 0 aliphatic heterocycles. The molecular formula is C17H16N2O5S. The number of hydrogen-bond donors (Lipinski definition) is 1. The van der Waals surface area contributed by atoms with E-state index < -0.39 is 10.1 Å². The third kappa shape index (κ3) is 5.13. The van der Waals surface area contributed by atoms with Crippen molar-refractivity contribution in [3.63, 3.8) is 0 Å². The lowest BCUT2D eigenvalue weighted by atomic mass is 10.2. The van der Waals surface area contributed by atoms with E-state index in [1.807, 2.05) is 18.2 Å². The second-order valence-corrected chi connectivity index (χ2v) is 6.86. The average molecular weight is 360 g/mol. The summed E-state index contributed by atoms with van der Waals surface area (Å²) in [7, 11) is -3.96. The maximum Gasteiger partial charge on any atom is 0.264 e. The molecule has 2 heterocycles. The fraction of sp³-hybridized carbons (Fsp3) is 0.176. The van der Waals surface area contributed by atoms with Crippen LogP contribution in [0.2, 0.25) is 0 Å². The molecule has 1 aromatic carbocycles. The molecule has 0 radical (unpaired) electrons. The van der Waals surface area contributed by atoms with Crippen LogP contribution in [0.5, 0.6) is 5.75 Å². The lowest BCUT2D eigenvalue weighted by Crippen LogP contribution is -2.08. The van der Waals surface area contributed by atoms with Crippen LogP contribution in [0.1, 0.15) is 17.9 Å². The predicted molar refractivity (Wildman–Crippen MR) is 93.7 cm³/mol. The second kappa shape index (κ2) is 7.45. The Bertz CT molecular complexity index is 981. The molecule has 7 nitrogen and oxygen atoms in total. The third-order valence-electron chi connectivity index (χ3n) is 3.29. The van der Waals surface area contributed by atoms with Gasteiger partial charge in [0, 0.05) is 24.5 Å². The fourth-order valence-electron chi connectivity index (χ4n) is 2.16. The Labute approximate surface area is 144 Å². The molecule has 0 spiro atoms. The molecule has 0 amide bonds. The van der Waals surface area contributed by atoms with Gasteiger partial charge < -0.3 is 9.15 Å². The van der Waals surface area contributed by atoms with Gasteiger partial charge >= 0.3 is 0 Å². The zero-order valence-corrected chi connectivity index (χ0v) is 14.0. The van der Waals surface area contributed by atoms with E-state index in [1.165, 1.54) is 0 Å². The number of nitrogens with zero attached hydrogens (tertiary/aromatic N) is 2. The molecule has 0 aliphatic rings. The quantitative estimate of drug-likeness (QED) is 0.510. The molecule has 3 rings (SSSR count). The maximum absolute atomic E-state index is 10.7. The Morgan fingerprint density at radius 2 is 2.12 bits per heavy atom. The molecule has 8 heteroatoms. The summed E-state index contributed by atoms with van der Waals surface area (Å²) >= 11 is 0. The summed E-state index contributed by atoms with van der Waals surface area (Å²) in [5.41, 5.74) is 2.20. The molecule has 0 saturated carbocycles. The molecule has 1 N–H and O–H groups in total. The number of rotatable bonds is 7. The van der Waals surface area contributed by atoms with Crippen molar-refractivity contribution in [1.29, 1.82) is 0 Å². The summed E-state index contributed by atoms with van der Waals surface area (Å²) in [5.74, 6) is 0.671. The van der Waals surface area contributed by atoms with E-state index in [-0.39, 0.29) is 18.8 Å². The highest BCUT2D eigenvalue weighted by Crippen LogP contribution is 2.22. The molecule has 25 heavy (non-hydrogen) atoms. The summed E-state index contributed by atoms with van der Waals surface area (Å²) < 4.78 is 41.1. The van der Waals surface area contributed by atoms with Gasteiger partial charge in [0.1, 0.15) is 11.3 Å². The molecule has 2 aromatic heterocycles. The van der Waals surface area contributed by atoms with Crippen molar-refractivity contribution in [2.45, 2.75) is 6.42 Å². The van der Waals surface area contributed by atoms with Crippen LogP contribution < -0.4 is 4.74 Å². The number of aromatic nitrogens is 2. The largest absolute Gasteiger partial charge is 0.493 e. The van der Waals surface area contributed by atoms with Crippen LogP contribution in [0.25, 0.3) is 23.3 Å². The Balaban J connectivity index is 1.66. The van der Waals surface area contributed by atoms with Crippen molar-refractivity contribution in [3.8, 4) is 5.75 Å². The van der Waals surface area contributed by atoms with Crippen LogP contribution in [0.15, 0.2) is 47.1 Å². The van der Waals surface area contributed by atoms with Gasteiger partial charge in [-0.05, 0) is 36.3 Å². The zero-order chi connectivity index (χ0) is 17.7. The molecule has 0 bridgehead atoms. The van der Waals surface area contributed by atoms with Gasteiger partial charge in [-0.25, -0.2) is 4.98 Å². The molecule has 0 atom stereocenters. The lowest BCUT2D eigenvalue weighted by molar-refractivity contribution is 0.316. The first-order chi connectivity index (χ1) is 12.0. The van der Waals surface area contributed by atoms with E-state index in [0.29, 0.717) is 22.7 Å². The summed E-state index contributed by atoms with van der Waals surface area (Å²) in [5, 5.41) is 0. The number of hydrogen-bond acceptors (Lipinski definition) is 6. The SMILES string of the molecule is O=S(=O)(O)CCCOc1ccc2nc(C=Cc3cccnc3)oc2c1. The number of ether oxygens (including phenoxy) is 1. The number of fused-ring (bicyclic) bond motifs is 1. The smallest absolute Gasteiger partial charge is 0.264 e. The van der Waals surface area contributed by atoms with Gasteiger partial charge in [-0.15, -0.1) is 0 Å². The molecule has 0 fully saturated rings. The van der Waals surface area contributed by atoms with E-state index in [4.69, 9.17) is 13.7 Å². The highest BCUT2D eigenvalue weighted by molar-refractivity contribution is 7.85. The van der Waals surface area contributed by atoms with Crippen LogP contribution in [0, 0.1) is 0 Å². The second-order valence-electron chi connectivity index (χ2n) is 5.29. The molecule has 0 unspecified atom stereocenters. The minimum Gasteiger partial charge on any atom is -0.493 e. The van der Waals surface area contributed by atoms with Crippen LogP contribution in [-0.4, -0.2) is 35.3 Å². The van der Waals surface area contributed by atoms with Crippen molar-refractivity contribution in [3.05, 3.63) is 54.2 Å².